The first-order valence-electron chi connectivity index (χ1n) is 4.21. The van der Waals surface area contributed by atoms with Gasteiger partial charge in [-0.05, 0) is 31.1 Å². The van der Waals surface area contributed by atoms with E-state index in [1.54, 1.807) is 6.20 Å². The van der Waals surface area contributed by atoms with Crippen molar-refractivity contribution in [3.8, 4) is 0 Å². The van der Waals surface area contributed by atoms with Crippen molar-refractivity contribution in [1.82, 2.24) is 4.98 Å². The minimum Gasteiger partial charge on any atom is -0.492 e. The molecule has 0 atom stereocenters. The molecule has 2 nitrogen and oxygen atoms in total. The first-order valence-corrected chi connectivity index (χ1v) is 4.21. The van der Waals surface area contributed by atoms with Crippen molar-refractivity contribution in [3.63, 3.8) is 0 Å². The van der Waals surface area contributed by atoms with Crippen LogP contribution in [0.1, 0.15) is 18.5 Å². The minimum absolute atomic E-state index is 0.822. The molecule has 0 aliphatic carbocycles. The highest BCUT2D eigenvalue weighted by Crippen LogP contribution is 2.18. The van der Waals surface area contributed by atoms with Crippen LogP contribution in [0.15, 0.2) is 30.5 Å². The van der Waals surface area contributed by atoms with Crippen molar-refractivity contribution >= 4 is 5.76 Å². The summed E-state index contributed by atoms with van der Waals surface area (Å²) in [5.41, 5.74) is 0.942. The summed E-state index contributed by atoms with van der Waals surface area (Å²) in [6, 6.07) is 5.85. The number of aromatic nitrogens is 1. The van der Waals surface area contributed by atoms with Crippen molar-refractivity contribution in [1.29, 1.82) is 0 Å². The van der Waals surface area contributed by atoms with Gasteiger partial charge in [0, 0.05) is 6.20 Å². The molecule has 0 N–H and O–H groups in total. The summed E-state index contributed by atoms with van der Waals surface area (Å²) in [6.45, 7) is 0.822. The van der Waals surface area contributed by atoms with E-state index in [0.29, 0.717) is 0 Å². The standard InChI is InChI=1S/C10H11NO/c1-3-7-11-9(5-1)10-6-2-4-8-12-10/h1,3,5-7H,2,4,8H2. The Bertz CT molecular complexity index is 279. The third-order valence-corrected chi connectivity index (χ3v) is 1.85. The minimum atomic E-state index is 0.822. The van der Waals surface area contributed by atoms with Crippen molar-refractivity contribution in [2.75, 3.05) is 6.61 Å². The topological polar surface area (TPSA) is 22.1 Å². The van der Waals surface area contributed by atoms with Crippen LogP contribution in [0.25, 0.3) is 5.76 Å². The number of allylic oxidation sites excluding steroid dienone is 1. The highest BCUT2D eigenvalue weighted by molar-refractivity contribution is 5.56. The molecule has 0 saturated heterocycles. The van der Waals surface area contributed by atoms with Gasteiger partial charge >= 0.3 is 0 Å². The molecule has 0 fully saturated rings. The first kappa shape index (κ1) is 7.35. The number of hydrogen-bond donors (Lipinski definition) is 0. The molecule has 62 valence electrons. The predicted molar refractivity (Wildman–Crippen MR) is 47.4 cm³/mol. The van der Waals surface area contributed by atoms with E-state index in [9.17, 15) is 0 Å². The lowest BCUT2D eigenvalue weighted by atomic mass is 10.2. The van der Waals surface area contributed by atoms with Crippen LogP contribution >= 0.6 is 0 Å². The van der Waals surface area contributed by atoms with E-state index in [2.05, 4.69) is 11.1 Å². The fraction of sp³-hybridized carbons (Fsp3) is 0.300. The second kappa shape index (κ2) is 3.39. The fourth-order valence-electron chi connectivity index (χ4n) is 1.24. The Hall–Kier alpha value is -1.31. The molecule has 2 heterocycles. The molecule has 0 saturated carbocycles. The third kappa shape index (κ3) is 1.47. The lowest BCUT2D eigenvalue weighted by Gasteiger charge is -2.13. The molecule has 0 amide bonds. The summed E-state index contributed by atoms with van der Waals surface area (Å²) in [4.78, 5) is 4.21. The Morgan fingerprint density at radius 1 is 1.33 bits per heavy atom. The molecule has 2 heteroatoms. The van der Waals surface area contributed by atoms with E-state index in [4.69, 9.17) is 4.74 Å². The van der Waals surface area contributed by atoms with Gasteiger partial charge in [-0.1, -0.05) is 6.07 Å². The van der Waals surface area contributed by atoms with E-state index >= 15 is 0 Å². The monoisotopic (exact) mass is 161 g/mol. The maximum Gasteiger partial charge on any atom is 0.140 e. The highest BCUT2D eigenvalue weighted by Gasteiger charge is 2.06. The highest BCUT2D eigenvalue weighted by atomic mass is 16.5. The van der Waals surface area contributed by atoms with E-state index in [1.165, 1.54) is 0 Å². The van der Waals surface area contributed by atoms with Crippen molar-refractivity contribution in [2.24, 2.45) is 0 Å². The van der Waals surface area contributed by atoms with Crippen LogP contribution in [0.3, 0.4) is 0 Å². The zero-order chi connectivity index (χ0) is 8.23. The van der Waals surface area contributed by atoms with Gasteiger partial charge in [0.05, 0.1) is 6.61 Å². The Labute approximate surface area is 71.9 Å². The van der Waals surface area contributed by atoms with Crippen molar-refractivity contribution in [3.05, 3.63) is 36.2 Å². The van der Waals surface area contributed by atoms with Crippen molar-refractivity contribution in [2.45, 2.75) is 12.8 Å². The predicted octanol–water partition coefficient (Wildman–Crippen LogP) is 2.23. The molecular formula is C10H11NO. The van der Waals surface area contributed by atoms with Gasteiger partial charge in [-0.3, -0.25) is 4.98 Å². The van der Waals surface area contributed by atoms with Gasteiger partial charge in [0.2, 0.25) is 0 Å². The van der Waals surface area contributed by atoms with Crippen LogP contribution < -0.4 is 0 Å². The van der Waals surface area contributed by atoms with Crippen molar-refractivity contribution < 1.29 is 4.74 Å². The Balaban J connectivity index is 2.24. The number of ether oxygens (including phenoxy) is 1. The molecule has 0 spiro atoms. The van der Waals surface area contributed by atoms with Gasteiger partial charge in [0.15, 0.2) is 0 Å². The number of nitrogens with zero attached hydrogens (tertiary/aromatic N) is 1. The number of rotatable bonds is 1. The van der Waals surface area contributed by atoms with Gasteiger partial charge in [0.25, 0.3) is 0 Å². The lowest BCUT2D eigenvalue weighted by molar-refractivity contribution is 0.257. The van der Waals surface area contributed by atoms with E-state index in [0.717, 1.165) is 30.9 Å². The van der Waals surface area contributed by atoms with E-state index in [-0.39, 0.29) is 0 Å². The normalized spacial score (nSPS) is 16.5. The average molecular weight is 161 g/mol. The maximum absolute atomic E-state index is 5.46. The zero-order valence-electron chi connectivity index (χ0n) is 6.86. The van der Waals surface area contributed by atoms with Crippen LogP contribution in [-0.4, -0.2) is 11.6 Å². The third-order valence-electron chi connectivity index (χ3n) is 1.85. The second-order valence-electron chi connectivity index (χ2n) is 2.77. The fourth-order valence-corrected chi connectivity index (χ4v) is 1.24. The van der Waals surface area contributed by atoms with Gasteiger partial charge in [-0.15, -0.1) is 0 Å². The molecule has 1 aromatic rings. The molecule has 1 aliphatic rings. The second-order valence-corrected chi connectivity index (χ2v) is 2.77. The molecule has 1 aromatic heterocycles. The van der Waals surface area contributed by atoms with E-state index < -0.39 is 0 Å². The smallest absolute Gasteiger partial charge is 0.140 e. The molecular weight excluding hydrogens is 150 g/mol. The SMILES string of the molecule is C1=C(c2ccccn2)OCCC1. The van der Waals surface area contributed by atoms with Gasteiger partial charge < -0.3 is 4.74 Å². The maximum atomic E-state index is 5.46. The average Bonchev–Trinajstić information content (AvgIpc) is 2.21. The number of hydrogen-bond acceptors (Lipinski definition) is 2. The Morgan fingerprint density at radius 2 is 2.33 bits per heavy atom. The van der Waals surface area contributed by atoms with E-state index in [1.807, 2.05) is 18.2 Å². The van der Waals surface area contributed by atoms with Gasteiger partial charge in [0.1, 0.15) is 11.5 Å². The lowest BCUT2D eigenvalue weighted by Crippen LogP contribution is -2.01. The summed E-state index contributed by atoms with van der Waals surface area (Å²) in [7, 11) is 0. The summed E-state index contributed by atoms with van der Waals surface area (Å²) >= 11 is 0. The first-order chi connectivity index (χ1) is 5.97. The summed E-state index contributed by atoms with van der Waals surface area (Å²) < 4.78 is 5.46. The van der Waals surface area contributed by atoms with Crippen LogP contribution in [0.4, 0.5) is 0 Å². The molecule has 12 heavy (non-hydrogen) atoms. The molecule has 1 aliphatic heterocycles. The largest absolute Gasteiger partial charge is 0.492 e. The summed E-state index contributed by atoms with van der Waals surface area (Å²) in [6.07, 6.45) is 6.11. The molecule has 2 rings (SSSR count). The van der Waals surface area contributed by atoms with Gasteiger partial charge in [-0.2, -0.15) is 0 Å². The molecule has 0 aromatic carbocycles. The molecule has 0 bridgehead atoms. The summed E-state index contributed by atoms with van der Waals surface area (Å²) in [5, 5.41) is 0. The van der Waals surface area contributed by atoms with Gasteiger partial charge in [-0.25, -0.2) is 0 Å². The molecule has 0 unspecified atom stereocenters. The Morgan fingerprint density at radius 3 is 3.00 bits per heavy atom. The number of pyridine rings is 1. The van der Waals surface area contributed by atoms with Crippen LogP contribution in [0.5, 0.6) is 0 Å². The summed E-state index contributed by atoms with van der Waals surface area (Å²) in [5.74, 6) is 0.932. The van der Waals surface area contributed by atoms with Crippen LogP contribution in [0, 0.1) is 0 Å². The van der Waals surface area contributed by atoms with Crippen LogP contribution in [-0.2, 0) is 4.74 Å². The van der Waals surface area contributed by atoms with Crippen LogP contribution in [0.2, 0.25) is 0 Å². The molecule has 0 radical (unpaired) electrons. The zero-order valence-corrected chi connectivity index (χ0v) is 6.86. The Kier molecular flexibility index (Phi) is 2.08. The quantitative estimate of drug-likeness (QED) is 0.630.